The van der Waals surface area contributed by atoms with E-state index in [0.717, 1.165) is 49.0 Å². The first-order chi connectivity index (χ1) is 14.5. The monoisotopic (exact) mass is 430 g/mol. The second kappa shape index (κ2) is 11.1. The quantitative estimate of drug-likeness (QED) is 0.630. The van der Waals surface area contributed by atoms with Crippen molar-refractivity contribution in [3.05, 3.63) is 39.8 Å². The first-order valence-electron chi connectivity index (χ1n) is 10.4. The van der Waals surface area contributed by atoms with Gasteiger partial charge in [-0.1, -0.05) is 29.5 Å². The lowest BCUT2D eigenvalue weighted by atomic mass is 10.2. The number of likely N-dealkylation sites (N-methyl/N-ethyl adjacent to an activating group) is 1. The Morgan fingerprint density at radius 2 is 1.90 bits per heavy atom. The van der Waals surface area contributed by atoms with E-state index in [1.807, 2.05) is 31.2 Å². The third kappa shape index (κ3) is 6.86. The number of carbonyl (C=O) groups is 2. The molecule has 0 radical (unpaired) electrons. The van der Waals surface area contributed by atoms with E-state index in [1.165, 1.54) is 11.3 Å². The highest BCUT2D eigenvalue weighted by atomic mass is 32.1. The van der Waals surface area contributed by atoms with Crippen LogP contribution < -0.4 is 10.6 Å². The summed E-state index contributed by atoms with van der Waals surface area (Å²) in [6.45, 7) is 7.81. The second-order valence-electron chi connectivity index (χ2n) is 7.62. The van der Waals surface area contributed by atoms with Crippen LogP contribution >= 0.6 is 11.3 Å². The minimum atomic E-state index is -0.255. The summed E-state index contributed by atoms with van der Waals surface area (Å²) in [7, 11) is 2.14. The maximum Gasteiger partial charge on any atom is 0.286 e. The van der Waals surface area contributed by atoms with E-state index < -0.39 is 0 Å². The number of piperazine rings is 1. The summed E-state index contributed by atoms with van der Waals surface area (Å²) in [6.07, 6.45) is 1.78. The summed E-state index contributed by atoms with van der Waals surface area (Å²) in [5.41, 5.74) is 1.77. The highest BCUT2D eigenvalue weighted by molar-refractivity contribution is 7.13. The molecule has 9 heteroatoms. The summed E-state index contributed by atoms with van der Waals surface area (Å²) in [5, 5.41) is 15.1. The van der Waals surface area contributed by atoms with Crippen LogP contribution in [0.15, 0.2) is 24.3 Å². The molecule has 0 unspecified atom stereocenters. The van der Waals surface area contributed by atoms with Crippen molar-refractivity contribution in [2.75, 3.05) is 51.6 Å². The Morgan fingerprint density at radius 3 is 2.67 bits per heavy atom. The largest absolute Gasteiger partial charge is 0.355 e. The fraction of sp³-hybridized carbons (Fsp3) is 0.524. The summed E-state index contributed by atoms with van der Waals surface area (Å²) in [5.74, 6) is -0.194. The van der Waals surface area contributed by atoms with Crippen molar-refractivity contribution in [2.24, 2.45) is 0 Å². The van der Waals surface area contributed by atoms with Crippen LogP contribution in [0.1, 0.15) is 33.2 Å². The van der Waals surface area contributed by atoms with Crippen LogP contribution in [0, 0.1) is 6.92 Å². The van der Waals surface area contributed by atoms with Crippen LogP contribution in [0.25, 0.3) is 0 Å². The van der Waals surface area contributed by atoms with Gasteiger partial charge in [-0.3, -0.25) is 14.5 Å². The van der Waals surface area contributed by atoms with E-state index in [9.17, 15) is 9.59 Å². The van der Waals surface area contributed by atoms with E-state index in [2.05, 4.69) is 37.7 Å². The van der Waals surface area contributed by atoms with Crippen molar-refractivity contribution in [1.82, 2.24) is 25.3 Å². The first-order valence-corrected chi connectivity index (χ1v) is 11.2. The van der Waals surface area contributed by atoms with Crippen molar-refractivity contribution in [1.29, 1.82) is 0 Å². The van der Waals surface area contributed by atoms with Crippen LogP contribution in [0.2, 0.25) is 0 Å². The number of aromatic nitrogens is 2. The van der Waals surface area contributed by atoms with Crippen LogP contribution in [0.5, 0.6) is 0 Å². The number of anilines is 1. The molecule has 1 aromatic carbocycles. The minimum absolute atomic E-state index is 0.0613. The number of rotatable bonds is 9. The van der Waals surface area contributed by atoms with Crippen LogP contribution in [-0.2, 0) is 11.2 Å². The molecule has 0 spiro atoms. The third-order valence-corrected chi connectivity index (χ3v) is 6.18. The Kier molecular flexibility index (Phi) is 8.30. The van der Waals surface area contributed by atoms with Crippen LogP contribution in [0.4, 0.5) is 5.69 Å². The molecule has 1 aromatic heterocycles. The molecule has 0 atom stereocenters. The van der Waals surface area contributed by atoms with Gasteiger partial charge in [-0.15, -0.1) is 10.2 Å². The second-order valence-corrected chi connectivity index (χ2v) is 8.68. The lowest BCUT2D eigenvalue weighted by molar-refractivity contribution is -0.121. The summed E-state index contributed by atoms with van der Waals surface area (Å²) >= 11 is 1.28. The number of para-hydroxylation sites is 1. The number of nitrogens with one attached hydrogen (secondary N) is 2. The molecule has 1 fully saturated rings. The van der Waals surface area contributed by atoms with E-state index in [0.29, 0.717) is 30.8 Å². The maximum atomic E-state index is 12.4. The Bertz CT molecular complexity index is 848. The molecule has 2 heterocycles. The summed E-state index contributed by atoms with van der Waals surface area (Å²) in [6, 6.07) is 7.61. The molecule has 2 N–H and O–H groups in total. The molecule has 1 aliphatic heterocycles. The van der Waals surface area contributed by atoms with E-state index in [1.54, 1.807) is 0 Å². The van der Waals surface area contributed by atoms with Gasteiger partial charge in [0, 0.05) is 57.8 Å². The number of aryl methyl sites for hydroxylation is 2. The predicted octanol–water partition coefficient (Wildman–Crippen LogP) is 1.79. The summed E-state index contributed by atoms with van der Waals surface area (Å²) in [4.78, 5) is 29.1. The van der Waals surface area contributed by atoms with Gasteiger partial charge in [0.05, 0.1) is 0 Å². The normalized spacial score (nSPS) is 15.1. The van der Waals surface area contributed by atoms with Crippen molar-refractivity contribution in [3.63, 3.8) is 0 Å². The molecule has 8 nitrogen and oxygen atoms in total. The number of hydrogen-bond donors (Lipinski definition) is 2. The zero-order valence-electron chi connectivity index (χ0n) is 17.7. The van der Waals surface area contributed by atoms with Gasteiger partial charge < -0.3 is 15.5 Å². The zero-order valence-corrected chi connectivity index (χ0v) is 18.5. The molecule has 3 rings (SSSR count). The van der Waals surface area contributed by atoms with Crippen molar-refractivity contribution < 1.29 is 9.59 Å². The smallest absolute Gasteiger partial charge is 0.286 e. The summed E-state index contributed by atoms with van der Waals surface area (Å²) < 4.78 is 0. The molecule has 0 aliphatic carbocycles. The predicted molar refractivity (Wildman–Crippen MR) is 119 cm³/mol. The number of hydrogen-bond acceptors (Lipinski definition) is 7. The highest BCUT2D eigenvalue weighted by Crippen LogP contribution is 2.17. The molecule has 30 heavy (non-hydrogen) atoms. The Balaban J connectivity index is 1.33. The molecule has 0 bridgehead atoms. The first kappa shape index (κ1) is 22.3. The average molecular weight is 431 g/mol. The third-order valence-electron chi connectivity index (χ3n) is 5.19. The Morgan fingerprint density at radius 1 is 1.13 bits per heavy atom. The topological polar surface area (TPSA) is 90.5 Å². The number of benzene rings is 1. The average Bonchev–Trinajstić information content (AvgIpc) is 3.20. The lowest BCUT2D eigenvalue weighted by Crippen LogP contribution is -2.46. The van der Waals surface area contributed by atoms with Gasteiger partial charge >= 0.3 is 0 Å². The van der Waals surface area contributed by atoms with Gasteiger partial charge in [-0.2, -0.15) is 0 Å². The fourth-order valence-electron chi connectivity index (χ4n) is 3.25. The molecule has 162 valence electrons. The Hall–Kier alpha value is -2.36. The minimum Gasteiger partial charge on any atom is -0.355 e. The van der Waals surface area contributed by atoms with Crippen molar-refractivity contribution in [3.8, 4) is 0 Å². The lowest BCUT2D eigenvalue weighted by Gasteiger charge is -2.32. The standard InChI is InChI=1S/C21H30N6O2S/c1-16-6-3-4-7-17(16)23-20(29)21-25-24-19(30-21)9-5-8-18(28)22-10-11-27-14-12-26(2)13-15-27/h3-4,6-7H,5,8-15H2,1-2H3,(H,22,28)(H,23,29). The van der Waals surface area contributed by atoms with E-state index in [4.69, 9.17) is 0 Å². The van der Waals surface area contributed by atoms with Gasteiger partial charge in [0.1, 0.15) is 5.01 Å². The van der Waals surface area contributed by atoms with Crippen molar-refractivity contribution >= 4 is 28.8 Å². The fourth-order valence-corrected chi connectivity index (χ4v) is 4.03. The van der Waals surface area contributed by atoms with Gasteiger partial charge in [-0.25, -0.2) is 0 Å². The van der Waals surface area contributed by atoms with Crippen molar-refractivity contribution in [2.45, 2.75) is 26.2 Å². The molecule has 1 aliphatic rings. The zero-order chi connectivity index (χ0) is 21.3. The molecule has 1 saturated heterocycles. The number of nitrogens with zero attached hydrogens (tertiary/aromatic N) is 4. The van der Waals surface area contributed by atoms with Gasteiger partial charge in [0.15, 0.2) is 0 Å². The molecule has 2 aromatic rings. The van der Waals surface area contributed by atoms with Crippen LogP contribution in [-0.4, -0.2) is 78.1 Å². The molecular formula is C21H30N6O2S. The Labute approximate surface area is 181 Å². The van der Waals surface area contributed by atoms with Gasteiger partial charge in [0.2, 0.25) is 10.9 Å². The van der Waals surface area contributed by atoms with E-state index >= 15 is 0 Å². The van der Waals surface area contributed by atoms with Gasteiger partial charge in [0.25, 0.3) is 5.91 Å². The SMILES string of the molecule is Cc1ccccc1NC(=O)c1nnc(CCCC(=O)NCCN2CCN(C)CC2)s1. The molecule has 0 saturated carbocycles. The van der Waals surface area contributed by atoms with E-state index in [-0.39, 0.29) is 11.8 Å². The molecular weight excluding hydrogens is 400 g/mol. The van der Waals surface area contributed by atoms with Crippen LogP contribution in [0.3, 0.4) is 0 Å². The number of carbonyl (C=O) groups excluding carboxylic acids is 2. The maximum absolute atomic E-state index is 12.4. The number of amides is 2. The molecule has 2 amide bonds. The van der Waals surface area contributed by atoms with Gasteiger partial charge in [-0.05, 0) is 32.0 Å². The highest BCUT2D eigenvalue weighted by Gasteiger charge is 2.15.